The van der Waals surface area contributed by atoms with Crippen molar-refractivity contribution in [3.05, 3.63) is 16.6 Å². The van der Waals surface area contributed by atoms with Crippen molar-refractivity contribution >= 4 is 28.5 Å². The van der Waals surface area contributed by atoms with E-state index in [1.54, 1.807) is 11.3 Å². The third kappa shape index (κ3) is 3.70. The first-order valence-electron chi connectivity index (χ1n) is 5.73. The van der Waals surface area contributed by atoms with Crippen LogP contribution in [-0.2, 0) is 4.74 Å². The molecule has 1 N–H and O–H groups in total. The fraction of sp³-hybridized carbons (Fsp3) is 0.636. The smallest absolute Gasteiger partial charge is 0.0852 e. The lowest BCUT2D eigenvalue weighted by molar-refractivity contribution is 0.0367. The molecule has 1 aliphatic rings. The minimum Gasteiger partial charge on any atom is -0.379 e. The molecular formula is C11H17N3OS2. The van der Waals surface area contributed by atoms with Crippen LogP contribution in [0.5, 0.6) is 0 Å². The van der Waals surface area contributed by atoms with Gasteiger partial charge in [0, 0.05) is 24.4 Å². The van der Waals surface area contributed by atoms with E-state index in [0.717, 1.165) is 43.7 Å². The van der Waals surface area contributed by atoms with Crippen LogP contribution in [0, 0.1) is 0 Å². The second-order valence-electron chi connectivity index (χ2n) is 4.06. The summed E-state index contributed by atoms with van der Waals surface area (Å²) in [6.45, 7) is 6.47. The summed E-state index contributed by atoms with van der Waals surface area (Å²) in [5.41, 5.74) is 2.89. The number of nitrogens with one attached hydrogen (secondary N) is 1. The maximum Gasteiger partial charge on any atom is 0.0852 e. The molecule has 4 nitrogen and oxygen atoms in total. The molecule has 1 aliphatic heterocycles. The average molecular weight is 271 g/mol. The normalized spacial score (nSPS) is 18.9. The van der Waals surface area contributed by atoms with Gasteiger partial charge in [0.1, 0.15) is 0 Å². The SMILES string of the molecule is CC(C(=S)NCN1CCOCC1)c1cscn1. The van der Waals surface area contributed by atoms with Crippen LogP contribution >= 0.6 is 23.6 Å². The number of morpholine rings is 1. The zero-order chi connectivity index (χ0) is 12.1. The molecule has 1 saturated heterocycles. The second kappa shape index (κ2) is 6.39. The topological polar surface area (TPSA) is 37.4 Å². The molecule has 1 unspecified atom stereocenters. The fourth-order valence-electron chi connectivity index (χ4n) is 1.67. The largest absolute Gasteiger partial charge is 0.379 e. The lowest BCUT2D eigenvalue weighted by atomic mass is 10.1. The summed E-state index contributed by atoms with van der Waals surface area (Å²) < 4.78 is 5.30. The van der Waals surface area contributed by atoms with Gasteiger partial charge >= 0.3 is 0 Å². The van der Waals surface area contributed by atoms with Gasteiger partial charge in [0.2, 0.25) is 0 Å². The molecule has 0 saturated carbocycles. The molecule has 1 fully saturated rings. The Labute approximate surface area is 111 Å². The monoisotopic (exact) mass is 271 g/mol. The van der Waals surface area contributed by atoms with Crippen LogP contribution in [0.2, 0.25) is 0 Å². The number of rotatable bonds is 4. The Balaban J connectivity index is 1.76. The van der Waals surface area contributed by atoms with E-state index in [1.165, 1.54) is 0 Å². The van der Waals surface area contributed by atoms with Gasteiger partial charge in [-0.3, -0.25) is 4.90 Å². The van der Waals surface area contributed by atoms with Gasteiger partial charge in [0.25, 0.3) is 0 Å². The van der Waals surface area contributed by atoms with Crippen LogP contribution in [0.4, 0.5) is 0 Å². The zero-order valence-corrected chi connectivity index (χ0v) is 11.5. The van der Waals surface area contributed by atoms with E-state index in [0.29, 0.717) is 0 Å². The molecule has 0 aliphatic carbocycles. The summed E-state index contributed by atoms with van der Waals surface area (Å²) in [6.07, 6.45) is 0. The van der Waals surface area contributed by atoms with Gasteiger partial charge in [0.05, 0.1) is 36.1 Å². The van der Waals surface area contributed by atoms with Crippen LogP contribution in [0.1, 0.15) is 18.5 Å². The van der Waals surface area contributed by atoms with E-state index in [4.69, 9.17) is 17.0 Å². The first-order valence-corrected chi connectivity index (χ1v) is 7.08. The van der Waals surface area contributed by atoms with Crippen molar-refractivity contribution in [3.63, 3.8) is 0 Å². The van der Waals surface area contributed by atoms with Gasteiger partial charge in [0.15, 0.2) is 0 Å². The number of thiocarbonyl (C=S) groups is 1. The van der Waals surface area contributed by atoms with Crippen molar-refractivity contribution in [2.75, 3.05) is 33.0 Å². The summed E-state index contributed by atoms with van der Waals surface area (Å²) in [5, 5.41) is 5.36. The molecule has 2 rings (SSSR count). The number of aromatic nitrogens is 1. The van der Waals surface area contributed by atoms with Crippen LogP contribution in [0.3, 0.4) is 0 Å². The van der Waals surface area contributed by atoms with E-state index >= 15 is 0 Å². The molecule has 0 bridgehead atoms. The molecule has 2 heterocycles. The highest BCUT2D eigenvalue weighted by atomic mass is 32.1. The maximum atomic E-state index is 5.39. The first kappa shape index (κ1) is 12.9. The van der Waals surface area contributed by atoms with Crippen molar-refractivity contribution in [1.82, 2.24) is 15.2 Å². The highest BCUT2D eigenvalue weighted by Gasteiger charge is 2.15. The van der Waals surface area contributed by atoms with Crippen molar-refractivity contribution in [3.8, 4) is 0 Å². The van der Waals surface area contributed by atoms with Gasteiger partial charge in [-0.05, 0) is 0 Å². The van der Waals surface area contributed by atoms with E-state index < -0.39 is 0 Å². The predicted octanol–water partition coefficient (Wildman–Crippen LogP) is 1.45. The third-order valence-electron chi connectivity index (χ3n) is 2.87. The Kier molecular flexibility index (Phi) is 4.85. The van der Waals surface area contributed by atoms with Crippen LogP contribution in [0.15, 0.2) is 10.9 Å². The van der Waals surface area contributed by atoms with Gasteiger partial charge in [-0.15, -0.1) is 11.3 Å². The summed E-state index contributed by atoms with van der Waals surface area (Å²) in [7, 11) is 0. The number of nitrogens with zero attached hydrogens (tertiary/aromatic N) is 2. The fourth-order valence-corrected chi connectivity index (χ4v) is 2.51. The lowest BCUT2D eigenvalue weighted by Gasteiger charge is -2.27. The molecular weight excluding hydrogens is 254 g/mol. The number of hydrogen-bond donors (Lipinski definition) is 1. The Hall–Kier alpha value is -0.560. The van der Waals surface area contributed by atoms with Crippen LogP contribution in [0.25, 0.3) is 0 Å². The molecule has 0 aromatic carbocycles. The van der Waals surface area contributed by atoms with Gasteiger partial charge in [-0.2, -0.15) is 0 Å². The number of ether oxygens (including phenoxy) is 1. The van der Waals surface area contributed by atoms with Crippen molar-refractivity contribution in [1.29, 1.82) is 0 Å². The Bertz CT molecular complexity index is 350. The standard InChI is InChI=1S/C11H17N3OS2/c1-9(10-6-17-8-13-10)11(16)12-7-14-2-4-15-5-3-14/h6,8-9H,2-5,7H2,1H3,(H,12,16). The number of hydrogen-bond acceptors (Lipinski definition) is 5. The highest BCUT2D eigenvalue weighted by molar-refractivity contribution is 7.80. The van der Waals surface area contributed by atoms with E-state index in [-0.39, 0.29) is 5.92 Å². The highest BCUT2D eigenvalue weighted by Crippen LogP contribution is 2.15. The summed E-state index contributed by atoms with van der Waals surface area (Å²) in [5.74, 6) is 0.192. The van der Waals surface area contributed by atoms with E-state index in [1.807, 2.05) is 10.9 Å². The Morgan fingerprint density at radius 3 is 3.06 bits per heavy atom. The lowest BCUT2D eigenvalue weighted by Crippen LogP contribution is -2.44. The first-order chi connectivity index (χ1) is 8.27. The molecule has 94 valence electrons. The molecule has 17 heavy (non-hydrogen) atoms. The molecule has 0 spiro atoms. The second-order valence-corrected chi connectivity index (χ2v) is 5.22. The quantitative estimate of drug-likeness (QED) is 0.839. The average Bonchev–Trinajstić information content (AvgIpc) is 2.90. The predicted molar refractivity (Wildman–Crippen MR) is 73.5 cm³/mol. The molecule has 1 aromatic rings. The number of thiazole rings is 1. The summed E-state index contributed by atoms with van der Waals surface area (Å²) in [4.78, 5) is 7.46. The zero-order valence-electron chi connectivity index (χ0n) is 9.89. The van der Waals surface area contributed by atoms with E-state index in [2.05, 4.69) is 22.1 Å². The van der Waals surface area contributed by atoms with Gasteiger partial charge in [-0.1, -0.05) is 19.1 Å². The van der Waals surface area contributed by atoms with Gasteiger partial charge < -0.3 is 10.1 Å². The molecule has 6 heteroatoms. The Morgan fingerprint density at radius 2 is 2.41 bits per heavy atom. The molecule has 1 atom stereocenters. The Morgan fingerprint density at radius 1 is 1.65 bits per heavy atom. The van der Waals surface area contributed by atoms with Crippen molar-refractivity contribution < 1.29 is 4.74 Å². The summed E-state index contributed by atoms with van der Waals surface area (Å²) >= 11 is 6.99. The van der Waals surface area contributed by atoms with Crippen LogP contribution < -0.4 is 5.32 Å². The minimum absolute atomic E-state index is 0.192. The van der Waals surface area contributed by atoms with Crippen LogP contribution in [-0.4, -0.2) is 47.8 Å². The van der Waals surface area contributed by atoms with Gasteiger partial charge in [-0.25, -0.2) is 4.98 Å². The molecule has 0 radical (unpaired) electrons. The summed E-state index contributed by atoms with van der Waals surface area (Å²) in [6, 6.07) is 0. The van der Waals surface area contributed by atoms with Crippen molar-refractivity contribution in [2.24, 2.45) is 0 Å². The van der Waals surface area contributed by atoms with Crippen molar-refractivity contribution in [2.45, 2.75) is 12.8 Å². The third-order valence-corrected chi connectivity index (χ3v) is 3.97. The van der Waals surface area contributed by atoms with E-state index in [9.17, 15) is 0 Å². The molecule has 1 aromatic heterocycles. The maximum absolute atomic E-state index is 5.39. The molecule has 0 amide bonds. The minimum atomic E-state index is 0.192.